The Labute approximate surface area is 169 Å². The van der Waals surface area contributed by atoms with Gasteiger partial charge in [-0.25, -0.2) is 9.37 Å². The lowest BCUT2D eigenvalue weighted by atomic mass is 10.1. The van der Waals surface area contributed by atoms with Crippen molar-refractivity contribution < 1.29 is 4.39 Å². The van der Waals surface area contributed by atoms with Crippen LogP contribution in [0, 0.1) is 0 Å². The minimum Gasteiger partial charge on any atom is -0.344 e. The number of pyridine rings is 1. The molecule has 0 amide bonds. The minimum absolute atomic E-state index is 0.124. The van der Waals surface area contributed by atoms with Crippen LogP contribution in [0.2, 0.25) is 0 Å². The van der Waals surface area contributed by atoms with Crippen LogP contribution in [0.15, 0.2) is 34.6 Å². The summed E-state index contributed by atoms with van der Waals surface area (Å²) in [4.78, 5) is 17.5. The number of nitrogens with zero attached hydrogens (tertiary/aromatic N) is 5. The standard InChI is InChI=1S/C20H19FN6OS/c1-12(2)16-11-29-18(22-16)6-4-13-3-5-14-17(9-13)27(8-7-21)10-15(19(14)28)20-23-25-26-24-20/h3-6,9-12H,7-8H2,1-2H3,(H,23,24,25,26)/b6-4+. The van der Waals surface area contributed by atoms with Crippen LogP contribution in [0.4, 0.5) is 4.39 Å². The van der Waals surface area contributed by atoms with Gasteiger partial charge in [-0.3, -0.25) is 4.79 Å². The molecule has 0 fully saturated rings. The zero-order valence-electron chi connectivity index (χ0n) is 16.0. The van der Waals surface area contributed by atoms with E-state index >= 15 is 0 Å². The molecular weight excluding hydrogens is 391 g/mol. The van der Waals surface area contributed by atoms with Crippen molar-refractivity contribution in [3.63, 3.8) is 0 Å². The van der Waals surface area contributed by atoms with Gasteiger partial charge in [-0.15, -0.1) is 21.5 Å². The molecule has 1 N–H and O–H groups in total. The average molecular weight is 410 g/mol. The largest absolute Gasteiger partial charge is 0.344 e. The molecule has 4 rings (SSSR count). The number of H-pyrrole nitrogens is 1. The Bertz CT molecular complexity index is 1230. The molecule has 4 aromatic rings. The van der Waals surface area contributed by atoms with Crippen molar-refractivity contribution in [2.24, 2.45) is 0 Å². The third-order valence-electron chi connectivity index (χ3n) is 4.57. The van der Waals surface area contributed by atoms with E-state index in [-0.39, 0.29) is 23.4 Å². The van der Waals surface area contributed by atoms with E-state index in [1.807, 2.05) is 24.3 Å². The van der Waals surface area contributed by atoms with Gasteiger partial charge in [-0.05, 0) is 34.9 Å². The smallest absolute Gasteiger partial charge is 0.210 e. The third-order valence-corrected chi connectivity index (χ3v) is 5.39. The molecular formula is C20H19FN6OS. The number of hydrogen-bond donors (Lipinski definition) is 1. The summed E-state index contributed by atoms with van der Waals surface area (Å²) in [6.45, 7) is 3.79. The predicted octanol–water partition coefficient (Wildman–Crippen LogP) is 3.90. The zero-order valence-corrected chi connectivity index (χ0v) is 16.8. The van der Waals surface area contributed by atoms with Gasteiger partial charge in [-0.2, -0.15) is 5.21 Å². The lowest BCUT2D eigenvalue weighted by Gasteiger charge is -2.11. The van der Waals surface area contributed by atoms with Crippen LogP contribution in [-0.2, 0) is 6.54 Å². The van der Waals surface area contributed by atoms with Gasteiger partial charge >= 0.3 is 0 Å². The number of halogens is 1. The molecule has 0 atom stereocenters. The minimum atomic E-state index is -0.555. The number of hydrogen-bond acceptors (Lipinski definition) is 6. The van der Waals surface area contributed by atoms with E-state index in [9.17, 15) is 9.18 Å². The molecule has 0 aliphatic heterocycles. The maximum atomic E-state index is 13.1. The van der Waals surface area contributed by atoms with Crippen molar-refractivity contribution in [2.75, 3.05) is 6.67 Å². The topological polar surface area (TPSA) is 89.4 Å². The first-order valence-corrected chi connectivity index (χ1v) is 10.0. The number of alkyl halides is 1. The zero-order chi connectivity index (χ0) is 20.4. The summed E-state index contributed by atoms with van der Waals surface area (Å²) in [6, 6.07) is 5.48. The maximum Gasteiger partial charge on any atom is 0.210 e. The summed E-state index contributed by atoms with van der Waals surface area (Å²) in [5, 5.41) is 17.1. The van der Waals surface area contributed by atoms with Gasteiger partial charge in [0.15, 0.2) is 0 Å². The highest BCUT2D eigenvalue weighted by Crippen LogP contribution is 2.22. The molecule has 0 bridgehead atoms. The molecule has 3 aromatic heterocycles. The summed E-state index contributed by atoms with van der Waals surface area (Å²) >= 11 is 1.59. The summed E-state index contributed by atoms with van der Waals surface area (Å²) in [6.07, 6.45) is 5.47. The highest BCUT2D eigenvalue weighted by atomic mass is 32.1. The molecule has 148 valence electrons. The summed E-state index contributed by atoms with van der Waals surface area (Å²) in [5.74, 6) is 0.579. The van der Waals surface area contributed by atoms with E-state index in [1.165, 1.54) is 0 Å². The summed E-state index contributed by atoms with van der Waals surface area (Å²) < 4.78 is 14.9. The first-order chi connectivity index (χ1) is 14.1. The second-order valence-electron chi connectivity index (χ2n) is 6.86. The predicted molar refractivity (Wildman–Crippen MR) is 112 cm³/mol. The number of aromatic amines is 1. The van der Waals surface area contributed by atoms with Gasteiger partial charge < -0.3 is 4.57 Å². The van der Waals surface area contributed by atoms with Crippen LogP contribution in [0.1, 0.15) is 36.0 Å². The number of aromatic nitrogens is 6. The van der Waals surface area contributed by atoms with Gasteiger partial charge in [-0.1, -0.05) is 26.0 Å². The highest BCUT2D eigenvalue weighted by Gasteiger charge is 2.14. The number of tetrazole rings is 1. The van der Waals surface area contributed by atoms with Crippen LogP contribution in [0.25, 0.3) is 34.4 Å². The Morgan fingerprint density at radius 3 is 2.86 bits per heavy atom. The second-order valence-corrected chi connectivity index (χ2v) is 7.75. The van der Waals surface area contributed by atoms with Crippen molar-refractivity contribution in [3.8, 4) is 11.4 Å². The molecule has 0 saturated carbocycles. The molecule has 7 nitrogen and oxygen atoms in total. The van der Waals surface area contributed by atoms with Crippen molar-refractivity contribution in [1.82, 2.24) is 30.2 Å². The first kappa shape index (κ1) is 19.1. The molecule has 29 heavy (non-hydrogen) atoms. The fraction of sp³-hybridized carbons (Fsp3) is 0.250. The Balaban J connectivity index is 1.76. The van der Waals surface area contributed by atoms with E-state index in [0.717, 1.165) is 16.3 Å². The van der Waals surface area contributed by atoms with E-state index in [1.54, 1.807) is 28.2 Å². The normalized spacial score (nSPS) is 11.9. The molecule has 0 aliphatic rings. The SMILES string of the molecule is CC(C)c1csc(/C=C/c2ccc3c(=O)c(-c4nn[nH]n4)cn(CCF)c3c2)n1. The number of aryl methyl sites for hydroxylation is 1. The van der Waals surface area contributed by atoms with Gasteiger partial charge in [0.05, 0.1) is 23.3 Å². The van der Waals surface area contributed by atoms with Gasteiger partial charge in [0.25, 0.3) is 0 Å². The van der Waals surface area contributed by atoms with Crippen molar-refractivity contribution >= 4 is 34.4 Å². The number of benzene rings is 1. The van der Waals surface area contributed by atoms with Gasteiger partial charge in [0.1, 0.15) is 11.7 Å². The first-order valence-electron chi connectivity index (χ1n) is 9.17. The molecule has 1 aromatic carbocycles. The van der Waals surface area contributed by atoms with E-state index in [0.29, 0.717) is 16.8 Å². The average Bonchev–Trinajstić information content (AvgIpc) is 3.41. The Morgan fingerprint density at radius 1 is 1.31 bits per heavy atom. The van der Waals surface area contributed by atoms with Crippen LogP contribution in [0.3, 0.4) is 0 Å². The monoisotopic (exact) mass is 410 g/mol. The van der Waals surface area contributed by atoms with Crippen LogP contribution in [-0.4, -0.2) is 36.8 Å². The molecule has 0 aliphatic carbocycles. The van der Waals surface area contributed by atoms with Crippen molar-refractivity contribution in [2.45, 2.75) is 26.3 Å². The quantitative estimate of drug-likeness (QED) is 0.521. The number of fused-ring (bicyclic) bond motifs is 1. The van der Waals surface area contributed by atoms with Crippen LogP contribution in [0.5, 0.6) is 0 Å². The van der Waals surface area contributed by atoms with E-state index in [2.05, 4.69) is 44.8 Å². The van der Waals surface area contributed by atoms with Crippen molar-refractivity contribution in [3.05, 3.63) is 56.3 Å². The molecule has 3 heterocycles. The second kappa shape index (κ2) is 8.04. The Hall–Kier alpha value is -3.20. The van der Waals surface area contributed by atoms with Crippen LogP contribution < -0.4 is 5.43 Å². The molecule has 0 radical (unpaired) electrons. The molecule has 0 saturated heterocycles. The summed E-state index contributed by atoms with van der Waals surface area (Å²) in [7, 11) is 0. The number of nitrogens with one attached hydrogen (secondary N) is 1. The lowest BCUT2D eigenvalue weighted by Crippen LogP contribution is -2.13. The number of thiazole rings is 1. The van der Waals surface area contributed by atoms with E-state index < -0.39 is 6.67 Å². The third kappa shape index (κ3) is 3.86. The Kier molecular flexibility index (Phi) is 5.30. The van der Waals surface area contributed by atoms with Gasteiger partial charge in [0.2, 0.25) is 11.3 Å². The van der Waals surface area contributed by atoms with Crippen molar-refractivity contribution in [1.29, 1.82) is 0 Å². The van der Waals surface area contributed by atoms with E-state index in [4.69, 9.17) is 0 Å². The molecule has 0 unspecified atom stereocenters. The maximum absolute atomic E-state index is 13.1. The fourth-order valence-electron chi connectivity index (χ4n) is 3.03. The fourth-order valence-corrected chi connectivity index (χ4v) is 3.90. The Morgan fingerprint density at radius 2 is 2.17 bits per heavy atom. The van der Waals surface area contributed by atoms with Crippen LogP contribution >= 0.6 is 11.3 Å². The highest BCUT2D eigenvalue weighted by molar-refractivity contribution is 7.10. The molecule has 9 heteroatoms. The summed E-state index contributed by atoms with van der Waals surface area (Å²) in [5.41, 5.74) is 2.70. The lowest BCUT2D eigenvalue weighted by molar-refractivity contribution is 0.450. The number of rotatable bonds is 6. The van der Waals surface area contributed by atoms with Gasteiger partial charge in [0, 0.05) is 17.0 Å². The molecule has 0 spiro atoms.